The third kappa shape index (κ3) is 3.86. The van der Waals surface area contributed by atoms with Gasteiger partial charge in [-0.2, -0.15) is 5.10 Å². The zero-order chi connectivity index (χ0) is 18.5. The monoisotopic (exact) mass is 353 g/mol. The number of benzene rings is 2. The van der Waals surface area contributed by atoms with E-state index in [0.717, 1.165) is 5.56 Å². The van der Waals surface area contributed by atoms with Crippen LogP contribution in [0.2, 0.25) is 0 Å². The number of nitrogens with one attached hydrogen (secondary N) is 3. The largest absolute Gasteiger partial charge is 0.352 e. The van der Waals surface area contributed by atoms with Crippen LogP contribution >= 0.6 is 0 Å². The van der Waals surface area contributed by atoms with Crippen LogP contribution in [0.4, 0.5) is 14.9 Å². The molecule has 7 nitrogen and oxygen atoms in total. The van der Waals surface area contributed by atoms with Crippen LogP contribution in [0.25, 0.3) is 11.3 Å². The number of primary amides is 1. The van der Waals surface area contributed by atoms with Crippen molar-refractivity contribution < 1.29 is 14.0 Å². The van der Waals surface area contributed by atoms with Crippen molar-refractivity contribution in [3.8, 4) is 11.3 Å². The molecule has 0 saturated heterocycles. The van der Waals surface area contributed by atoms with E-state index in [1.807, 2.05) is 0 Å². The lowest BCUT2D eigenvalue weighted by molar-refractivity contribution is 0.102. The summed E-state index contributed by atoms with van der Waals surface area (Å²) in [7, 11) is 0. The van der Waals surface area contributed by atoms with E-state index in [1.54, 1.807) is 42.5 Å². The molecule has 2 aromatic carbocycles. The Hall–Kier alpha value is -3.68. The number of rotatable bonds is 5. The number of aromatic amines is 1. The number of hydrogen-bond acceptors (Lipinski definition) is 3. The van der Waals surface area contributed by atoms with Crippen molar-refractivity contribution in [2.75, 3.05) is 5.32 Å². The fourth-order valence-corrected chi connectivity index (χ4v) is 2.41. The Morgan fingerprint density at radius 3 is 2.54 bits per heavy atom. The fraction of sp³-hybridized carbons (Fsp3) is 0.0556. The molecule has 0 aliphatic rings. The molecule has 5 N–H and O–H groups in total. The summed E-state index contributed by atoms with van der Waals surface area (Å²) in [5.41, 5.74) is 7.30. The van der Waals surface area contributed by atoms with Crippen LogP contribution < -0.4 is 16.4 Å². The number of anilines is 1. The van der Waals surface area contributed by atoms with Crippen LogP contribution in [-0.2, 0) is 6.54 Å². The van der Waals surface area contributed by atoms with Gasteiger partial charge in [-0.25, -0.2) is 9.18 Å². The number of nitrogens with zero attached hydrogens (tertiary/aromatic N) is 1. The van der Waals surface area contributed by atoms with E-state index >= 15 is 0 Å². The molecule has 0 unspecified atom stereocenters. The quantitative estimate of drug-likeness (QED) is 0.565. The van der Waals surface area contributed by atoms with Gasteiger partial charge in [-0.15, -0.1) is 0 Å². The van der Waals surface area contributed by atoms with Crippen molar-refractivity contribution in [2.24, 2.45) is 5.73 Å². The van der Waals surface area contributed by atoms with Gasteiger partial charge in [-0.3, -0.25) is 9.89 Å². The Kier molecular flexibility index (Phi) is 4.93. The maximum absolute atomic E-state index is 14.0. The van der Waals surface area contributed by atoms with Gasteiger partial charge in [-0.05, 0) is 29.8 Å². The topological polar surface area (TPSA) is 113 Å². The number of halogens is 1. The van der Waals surface area contributed by atoms with Crippen molar-refractivity contribution in [1.82, 2.24) is 15.5 Å². The Bertz CT molecular complexity index is 937. The van der Waals surface area contributed by atoms with Crippen LogP contribution in [0.1, 0.15) is 15.9 Å². The molecule has 0 aliphatic heterocycles. The van der Waals surface area contributed by atoms with E-state index in [4.69, 9.17) is 5.73 Å². The molecular weight excluding hydrogens is 337 g/mol. The molecule has 3 rings (SSSR count). The Morgan fingerprint density at radius 1 is 1.12 bits per heavy atom. The predicted octanol–water partition coefficient (Wildman–Crippen LogP) is 2.64. The third-order valence-corrected chi connectivity index (χ3v) is 3.71. The van der Waals surface area contributed by atoms with E-state index in [9.17, 15) is 14.0 Å². The minimum Gasteiger partial charge on any atom is -0.352 e. The first-order chi connectivity index (χ1) is 12.5. The summed E-state index contributed by atoms with van der Waals surface area (Å²) in [6.45, 7) is 0.274. The summed E-state index contributed by atoms with van der Waals surface area (Å²) >= 11 is 0. The molecule has 3 amide bonds. The van der Waals surface area contributed by atoms with Gasteiger partial charge < -0.3 is 16.4 Å². The summed E-state index contributed by atoms with van der Waals surface area (Å²) in [4.78, 5) is 23.1. The standard InChI is InChI=1S/C18H16FN5O2/c19-14-4-2-1-3-13(14)16-15(10-22-24-16)23-17(25)12-7-5-11(6-8-12)9-21-18(20)26/h1-8,10H,9H2,(H,22,24)(H,23,25)(H3,20,21,26). The first-order valence-corrected chi connectivity index (χ1v) is 7.76. The van der Waals surface area contributed by atoms with Gasteiger partial charge in [0.15, 0.2) is 0 Å². The summed E-state index contributed by atoms with van der Waals surface area (Å²) in [5, 5.41) is 11.8. The molecular formula is C18H16FN5O2. The van der Waals surface area contributed by atoms with E-state index in [2.05, 4.69) is 20.8 Å². The first kappa shape index (κ1) is 17.2. The molecule has 8 heteroatoms. The third-order valence-electron chi connectivity index (χ3n) is 3.71. The summed E-state index contributed by atoms with van der Waals surface area (Å²) in [5.74, 6) is -0.781. The van der Waals surface area contributed by atoms with Crippen molar-refractivity contribution >= 4 is 17.6 Å². The summed E-state index contributed by atoms with van der Waals surface area (Å²) in [6, 6.07) is 12.3. The highest BCUT2D eigenvalue weighted by Gasteiger charge is 2.14. The average molecular weight is 353 g/mol. The maximum atomic E-state index is 14.0. The number of carbonyl (C=O) groups excluding carboxylic acids is 2. The van der Waals surface area contributed by atoms with Gasteiger partial charge >= 0.3 is 6.03 Å². The van der Waals surface area contributed by atoms with Crippen LogP contribution in [0.5, 0.6) is 0 Å². The van der Waals surface area contributed by atoms with E-state index in [-0.39, 0.29) is 12.5 Å². The molecule has 26 heavy (non-hydrogen) atoms. The van der Waals surface area contributed by atoms with Crippen molar-refractivity contribution in [3.05, 3.63) is 71.7 Å². The first-order valence-electron chi connectivity index (χ1n) is 7.76. The lowest BCUT2D eigenvalue weighted by Gasteiger charge is -2.08. The second-order valence-corrected chi connectivity index (χ2v) is 5.51. The highest BCUT2D eigenvalue weighted by molar-refractivity contribution is 6.05. The smallest absolute Gasteiger partial charge is 0.312 e. The minimum absolute atomic E-state index is 0.274. The highest BCUT2D eigenvalue weighted by atomic mass is 19.1. The Labute approximate surface area is 148 Å². The minimum atomic E-state index is -0.618. The second kappa shape index (κ2) is 7.47. The molecule has 0 bridgehead atoms. The van der Waals surface area contributed by atoms with Crippen LogP contribution in [0, 0.1) is 5.82 Å². The zero-order valence-electron chi connectivity index (χ0n) is 13.6. The van der Waals surface area contributed by atoms with Gasteiger partial charge in [0.1, 0.15) is 5.82 Å². The molecule has 1 heterocycles. The number of nitrogens with two attached hydrogens (primary N) is 1. The summed E-state index contributed by atoms with van der Waals surface area (Å²) in [6.07, 6.45) is 1.42. The number of carbonyl (C=O) groups is 2. The number of H-pyrrole nitrogens is 1. The van der Waals surface area contributed by atoms with Crippen molar-refractivity contribution in [1.29, 1.82) is 0 Å². The molecule has 1 aromatic heterocycles. The molecule has 0 atom stereocenters. The van der Waals surface area contributed by atoms with Gasteiger partial charge in [0.2, 0.25) is 0 Å². The number of urea groups is 1. The molecule has 3 aromatic rings. The van der Waals surface area contributed by atoms with Gasteiger partial charge in [0.25, 0.3) is 5.91 Å². The maximum Gasteiger partial charge on any atom is 0.312 e. The molecule has 0 spiro atoms. The zero-order valence-corrected chi connectivity index (χ0v) is 13.6. The number of hydrogen-bond donors (Lipinski definition) is 4. The van der Waals surface area contributed by atoms with Crippen LogP contribution in [-0.4, -0.2) is 22.1 Å². The van der Waals surface area contributed by atoms with Gasteiger partial charge in [0, 0.05) is 17.7 Å². The number of aromatic nitrogens is 2. The van der Waals surface area contributed by atoms with E-state index in [0.29, 0.717) is 22.5 Å². The van der Waals surface area contributed by atoms with Crippen molar-refractivity contribution in [3.63, 3.8) is 0 Å². The molecule has 132 valence electrons. The lowest BCUT2D eigenvalue weighted by Crippen LogP contribution is -2.28. The average Bonchev–Trinajstić information content (AvgIpc) is 3.08. The second-order valence-electron chi connectivity index (χ2n) is 5.51. The lowest BCUT2D eigenvalue weighted by atomic mass is 10.1. The Balaban J connectivity index is 1.74. The molecule has 0 fully saturated rings. The molecule has 0 aliphatic carbocycles. The SMILES string of the molecule is NC(=O)NCc1ccc(C(=O)Nc2cn[nH]c2-c2ccccc2F)cc1. The highest BCUT2D eigenvalue weighted by Crippen LogP contribution is 2.27. The van der Waals surface area contributed by atoms with Crippen molar-refractivity contribution in [2.45, 2.75) is 6.54 Å². The van der Waals surface area contributed by atoms with Gasteiger partial charge in [0.05, 0.1) is 17.6 Å². The number of amides is 3. The van der Waals surface area contributed by atoms with Gasteiger partial charge in [-0.1, -0.05) is 24.3 Å². The Morgan fingerprint density at radius 2 is 1.85 bits per heavy atom. The molecule has 0 radical (unpaired) electrons. The normalized spacial score (nSPS) is 10.3. The predicted molar refractivity (Wildman–Crippen MR) is 94.8 cm³/mol. The van der Waals surface area contributed by atoms with E-state index < -0.39 is 11.8 Å². The van der Waals surface area contributed by atoms with Crippen LogP contribution in [0.15, 0.2) is 54.7 Å². The fourth-order valence-electron chi connectivity index (χ4n) is 2.41. The van der Waals surface area contributed by atoms with E-state index in [1.165, 1.54) is 12.3 Å². The summed E-state index contributed by atoms with van der Waals surface area (Å²) < 4.78 is 14.0. The van der Waals surface area contributed by atoms with Crippen LogP contribution in [0.3, 0.4) is 0 Å². The molecule has 0 saturated carbocycles.